The third-order valence-corrected chi connectivity index (χ3v) is 6.10. The number of nitrogens with zero attached hydrogens (tertiary/aromatic N) is 3. The quantitative estimate of drug-likeness (QED) is 0.437. The number of nitrogens with two attached hydrogens (primary N) is 1. The van der Waals surface area contributed by atoms with Crippen LogP contribution in [0.15, 0.2) is 36.4 Å². The maximum absolute atomic E-state index is 14.1. The Bertz CT molecular complexity index is 1350. The number of Topliss-reactive ketones (excluding diaryl/α,β-unsaturated/α-hetero) is 1. The van der Waals surface area contributed by atoms with Gasteiger partial charge in [0.15, 0.2) is 11.5 Å². The highest BCUT2D eigenvalue weighted by atomic mass is 35.5. The first-order valence-corrected chi connectivity index (χ1v) is 11.3. The van der Waals surface area contributed by atoms with E-state index < -0.39 is 17.6 Å². The number of halogens is 2. The van der Waals surface area contributed by atoms with Crippen LogP contribution in [0.3, 0.4) is 0 Å². The monoisotopic (exact) mass is 499 g/mol. The molecule has 4 rings (SSSR count). The molecule has 1 fully saturated rings. The van der Waals surface area contributed by atoms with Crippen molar-refractivity contribution in [3.05, 3.63) is 64.1 Å². The van der Waals surface area contributed by atoms with Crippen molar-refractivity contribution in [1.29, 1.82) is 0 Å². The van der Waals surface area contributed by atoms with Crippen molar-refractivity contribution in [3.63, 3.8) is 0 Å². The molecular weight excluding hydrogens is 477 g/mol. The molecule has 1 heterocycles. The molecule has 1 aliphatic carbocycles. The van der Waals surface area contributed by atoms with E-state index in [1.165, 1.54) is 34.7 Å². The van der Waals surface area contributed by atoms with E-state index in [0.29, 0.717) is 16.5 Å². The largest absolute Gasteiger partial charge is 0.364 e. The van der Waals surface area contributed by atoms with Crippen LogP contribution in [0, 0.1) is 5.82 Å². The Balaban J connectivity index is 1.49. The number of fused-ring (bicyclic) bond motifs is 1. The summed E-state index contributed by atoms with van der Waals surface area (Å²) in [4.78, 5) is 50.8. The first-order valence-electron chi connectivity index (χ1n) is 11.0. The molecule has 0 saturated heterocycles. The van der Waals surface area contributed by atoms with E-state index in [4.69, 9.17) is 17.3 Å². The third kappa shape index (κ3) is 5.32. The molecule has 3 N–H and O–H groups in total. The van der Waals surface area contributed by atoms with Crippen molar-refractivity contribution in [2.75, 3.05) is 6.54 Å². The molecule has 0 unspecified atom stereocenters. The Morgan fingerprint density at radius 3 is 2.63 bits per heavy atom. The summed E-state index contributed by atoms with van der Waals surface area (Å²) in [6, 6.07) is 9.14. The number of nitrogens with one attached hydrogen (secondary N) is 1. The van der Waals surface area contributed by atoms with E-state index in [1.54, 1.807) is 18.2 Å². The van der Waals surface area contributed by atoms with E-state index >= 15 is 0 Å². The van der Waals surface area contributed by atoms with Gasteiger partial charge in [-0.1, -0.05) is 23.7 Å². The van der Waals surface area contributed by atoms with Gasteiger partial charge in [0, 0.05) is 29.1 Å². The van der Waals surface area contributed by atoms with Gasteiger partial charge in [-0.25, -0.2) is 4.39 Å². The number of aromatic nitrogens is 2. The molecule has 35 heavy (non-hydrogen) atoms. The van der Waals surface area contributed by atoms with Gasteiger partial charge in [-0.15, -0.1) is 0 Å². The fraction of sp³-hybridized carbons (Fsp3) is 0.292. The summed E-state index contributed by atoms with van der Waals surface area (Å²) in [5.74, 6) is -2.39. The Kier molecular flexibility index (Phi) is 6.83. The van der Waals surface area contributed by atoms with Crippen molar-refractivity contribution in [2.45, 2.75) is 38.9 Å². The number of carbonyl (C=O) groups excluding carboxylic acids is 4. The summed E-state index contributed by atoms with van der Waals surface area (Å²) in [5.41, 5.74) is 6.50. The van der Waals surface area contributed by atoms with Crippen LogP contribution in [0.5, 0.6) is 0 Å². The molecule has 9 nitrogen and oxygen atoms in total. The van der Waals surface area contributed by atoms with Crippen LogP contribution < -0.4 is 11.1 Å². The number of hydrogen-bond donors (Lipinski definition) is 2. The number of amides is 3. The standard InChI is InChI=1S/C24H23ClFN5O4/c1-13(32)14-5-8-19-17(9-14)23(24(27)35)29-31(19)12-21(34)30(16-6-7-16)11-20(33)28-10-15-3-2-4-18(25)22(15)26/h2-5,8-9,16H,6-7,10-12H2,1H3,(H2,27,35)(H,28,33). The first-order chi connectivity index (χ1) is 16.7. The van der Waals surface area contributed by atoms with Gasteiger partial charge in [0.1, 0.15) is 12.4 Å². The summed E-state index contributed by atoms with van der Waals surface area (Å²) in [7, 11) is 0. The van der Waals surface area contributed by atoms with E-state index in [0.717, 1.165) is 12.8 Å². The van der Waals surface area contributed by atoms with Crippen molar-refractivity contribution >= 4 is 46.0 Å². The Morgan fingerprint density at radius 2 is 1.97 bits per heavy atom. The molecule has 3 amide bonds. The van der Waals surface area contributed by atoms with Crippen molar-refractivity contribution in [2.24, 2.45) is 5.73 Å². The molecule has 1 aromatic heterocycles. The van der Waals surface area contributed by atoms with Gasteiger partial charge in [0.25, 0.3) is 5.91 Å². The minimum atomic E-state index is -0.784. The van der Waals surface area contributed by atoms with Gasteiger partial charge in [0.2, 0.25) is 11.8 Å². The predicted octanol–water partition coefficient (Wildman–Crippen LogP) is 2.44. The van der Waals surface area contributed by atoms with Gasteiger partial charge in [-0.05, 0) is 44.0 Å². The first kappa shape index (κ1) is 24.3. The minimum Gasteiger partial charge on any atom is -0.364 e. The normalized spacial score (nSPS) is 13.0. The zero-order valence-electron chi connectivity index (χ0n) is 18.9. The number of rotatable bonds is 9. The number of primary amides is 1. The average Bonchev–Trinajstić information content (AvgIpc) is 3.59. The smallest absolute Gasteiger partial charge is 0.269 e. The fourth-order valence-corrected chi connectivity index (χ4v) is 4.01. The molecule has 1 saturated carbocycles. The maximum atomic E-state index is 14.1. The second-order valence-electron chi connectivity index (χ2n) is 8.40. The number of benzene rings is 2. The minimum absolute atomic E-state index is 0.0382. The van der Waals surface area contributed by atoms with Gasteiger partial charge in [-0.2, -0.15) is 5.10 Å². The average molecular weight is 500 g/mol. The summed E-state index contributed by atoms with van der Waals surface area (Å²) in [6.45, 7) is 0.901. The molecule has 1 aliphatic rings. The van der Waals surface area contributed by atoms with Gasteiger partial charge >= 0.3 is 0 Å². The van der Waals surface area contributed by atoms with Crippen molar-refractivity contribution < 1.29 is 23.6 Å². The van der Waals surface area contributed by atoms with Crippen molar-refractivity contribution in [1.82, 2.24) is 20.0 Å². The molecule has 3 aromatic rings. The summed E-state index contributed by atoms with van der Waals surface area (Å²) in [5, 5.41) is 7.14. The highest BCUT2D eigenvalue weighted by Crippen LogP contribution is 2.28. The van der Waals surface area contributed by atoms with Crippen LogP contribution >= 0.6 is 11.6 Å². The lowest BCUT2D eigenvalue weighted by molar-refractivity contribution is -0.137. The van der Waals surface area contributed by atoms with E-state index in [-0.39, 0.29) is 53.6 Å². The van der Waals surface area contributed by atoms with Gasteiger partial charge in [-0.3, -0.25) is 23.9 Å². The Morgan fingerprint density at radius 1 is 1.23 bits per heavy atom. The third-order valence-electron chi connectivity index (χ3n) is 5.80. The highest BCUT2D eigenvalue weighted by molar-refractivity contribution is 6.30. The summed E-state index contributed by atoms with van der Waals surface area (Å²) >= 11 is 5.77. The molecule has 0 radical (unpaired) electrons. The molecule has 0 spiro atoms. The van der Waals surface area contributed by atoms with E-state index in [1.807, 2.05) is 0 Å². The SMILES string of the molecule is CC(=O)c1ccc2c(c1)c(C(N)=O)nn2CC(=O)N(CC(=O)NCc1cccc(Cl)c1F)C1CC1. The van der Waals surface area contributed by atoms with Crippen LogP contribution in [0.1, 0.15) is 46.2 Å². The zero-order valence-corrected chi connectivity index (χ0v) is 19.6. The van der Waals surface area contributed by atoms with Crippen LogP contribution in [-0.2, 0) is 22.7 Å². The predicted molar refractivity (Wildman–Crippen MR) is 126 cm³/mol. The van der Waals surface area contributed by atoms with Gasteiger partial charge < -0.3 is 16.0 Å². The summed E-state index contributed by atoms with van der Waals surface area (Å²) in [6.07, 6.45) is 1.52. The maximum Gasteiger partial charge on any atom is 0.269 e. The lowest BCUT2D eigenvalue weighted by atomic mass is 10.1. The van der Waals surface area contributed by atoms with Crippen LogP contribution in [0.4, 0.5) is 4.39 Å². The lowest BCUT2D eigenvalue weighted by Crippen LogP contribution is -2.43. The van der Waals surface area contributed by atoms with E-state index in [9.17, 15) is 23.6 Å². The fourth-order valence-electron chi connectivity index (χ4n) is 3.82. The molecular formula is C24H23ClFN5O4. The number of hydrogen-bond acceptors (Lipinski definition) is 5. The second kappa shape index (κ2) is 9.83. The Labute approximate surface area is 205 Å². The van der Waals surface area contributed by atoms with Crippen LogP contribution in [-0.4, -0.2) is 50.8 Å². The van der Waals surface area contributed by atoms with Crippen LogP contribution in [0.25, 0.3) is 10.9 Å². The van der Waals surface area contributed by atoms with Crippen molar-refractivity contribution in [3.8, 4) is 0 Å². The molecule has 11 heteroatoms. The molecule has 2 aromatic carbocycles. The lowest BCUT2D eigenvalue weighted by Gasteiger charge is -2.22. The van der Waals surface area contributed by atoms with E-state index in [2.05, 4.69) is 10.4 Å². The van der Waals surface area contributed by atoms with Crippen LogP contribution in [0.2, 0.25) is 5.02 Å². The molecule has 0 aliphatic heterocycles. The molecule has 0 atom stereocenters. The topological polar surface area (TPSA) is 127 Å². The summed E-state index contributed by atoms with van der Waals surface area (Å²) < 4.78 is 15.4. The number of ketones is 1. The molecule has 0 bridgehead atoms. The second-order valence-corrected chi connectivity index (χ2v) is 8.81. The zero-order chi connectivity index (χ0) is 25.3. The number of carbonyl (C=O) groups is 4. The Hall–Kier alpha value is -3.79. The molecule has 182 valence electrons. The highest BCUT2D eigenvalue weighted by Gasteiger charge is 2.34. The van der Waals surface area contributed by atoms with Gasteiger partial charge in [0.05, 0.1) is 17.1 Å².